The molecule has 0 unspecified atom stereocenters. The number of nitrogens with one attached hydrogen (secondary N) is 2. The van der Waals surface area contributed by atoms with Crippen LogP contribution in [0.15, 0.2) is 36.7 Å². The van der Waals surface area contributed by atoms with Crippen molar-refractivity contribution in [1.82, 2.24) is 25.5 Å². The Bertz CT molecular complexity index is 1050. The lowest BCUT2D eigenvalue weighted by atomic mass is 9.66. The molecular formula is C21H23FN6O2S. The Morgan fingerprint density at radius 2 is 2.13 bits per heavy atom. The molecule has 0 aromatic carbocycles. The van der Waals surface area contributed by atoms with Gasteiger partial charge in [0.2, 0.25) is 5.91 Å². The van der Waals surface area contributed by atoms with Crippen molar-refractivity contribution in [2.75, 3.05) is 11.9 Å². The molecule has 1 saturated carbocycles. The molecule has 0 spiro atoms. The van der Waals surface area contributed by atoms with Crippen molar-refractivity contribution in [3.63, 3.8) is 0 Å². The Morgan fingerprint density at radius 1 is 1.29 bits per heavy atom. The quantitative estimate of drug-likeness (QED) is 0.492. The highest BCUT2D eigenvalue weighted by molar-refractivity contribution is 7.15. The Balaban J connectivity index is 1.38. The number of carbonyl (C=O) groups excluding carboxylic acids is 1. The summed E-state index contributed by atoms with van der Waals surface area (Å²) in [5.74, 6) is -0.0954. The summed E-state index contributed by atoms with van der Waals surface area (Å²) < 4.78 is 14.3. The first-order valence-electron chi connectivity index (χ1n) is 10.1. The average molecular weight is 443 g/mol. The van der Waals surface area contributed by atoms with Crippen molar-refractivity contribution in [2.45, 2.75) is 44.2 Å². The van der Waals surface area contributed by atoms with E-state index < -0.39 is 12.0 Å². The summed E-state index contributed by atoms with van der Waals surface area (Å²) in [6.07, 6.45) is 5.06. The van der Waals surface area contributed by atoms with E-state index in [1.54, 1.807) is 18.5 Å². The number of anilines is 1. The molecule has 1 amide bonds. The zero-order valence-corrected chi connectivity index (χ0v) is 17.8. The molecule has 0 saturated heterocycles. The lowest BCUT2D eigenvalue weighted by Crippen LogP contribution is -2.42. The van der Waals surface area contributed by atoms with Crippen LogP contribution in [0.2, 0.25) is 0 Å². The van der Waals surface area contributed by atoms with E-state index in [0.29, 0.717) is 35.3 Å². The van der Waals surface area contributed by atoms with Gasteiger partial charge in [-0.15, -0.1) is 21.5 Å². The van der Waals surface area contributed by atoms with E-state index in [2.05, 4.69) is 30.8 Å². The summed E-state index contributed by atoms with van der Waals surface area (Å²) in [5, 5.41) is 24.3. The number of thiazole rings is 1. The Kier molecular flexibility index (Phi) is 6.19. The number of hydrogen-bond acceptors (Lipinski definition) is 8. The number of pyridine rings is 1. The molecule has 1 fully saturated rings. The molecule has 1 atom stereocenters. The first-order chi connectivity index (χ1) is 15.0. The topological polar surface area (TPSA) is 113 Å². The highest BCUT2D eigenvalue weighted by Crippen LogP contribution is 2.43. The molecule has 0 bridgehead atoms. The molecule has 1 aliphatic rings. The second-order valence-electron chi connectivity index (χ2n) is 7.65. The number of nitrogens with zero attached hydrogens (tertiary/aromatic N) is 4. The third kappa shape index (κ3) is 4.70. The van der Waals surface area contributed by atoms with E-state index in [1.165, 1.54) is 24.3 Å². The SMILES string of the molecule is C[C@@H](O)C(=O)NCc1cnc(-c2ccc(NCC3(c4ncccc4F)CCC3)nn2)s1. The first kappa shape index (κ1) is 21.3. The maximum Gasteiger partial charge on any atom is 0.248 e. The third-order valence-electron chi connectivity index (χ3n) is 5.43. The minimum Gasteiger partial charge on any atom is -0.384 e. The van der Waals surface area contributed by atoms with Gasteiger partial charge in [-0.05, 0) is 44.0 Å². The minimum atomic E-state index is -1.05. The van der Waals surface area contributed by atoms with Gasteiger partial charge in [0.05, 0.1) is 12.2 Å². The number of aliphatic hydroxyl groups excluding tert-OH is 1. The van der Waals surface area contributed by atoms with E-state index in [0.717, 1.165) is 24.1 Å². The summed E-state index contributed by atoms with van der Waals surface area (Å²) in [6.45, 7) is 2.25. The molecule has 31 heavy (non-hydrogen) atoms. The van der Waals surface area contributed by atoms with E-state index in [9.17, 15) is 14.3 Å². The van der Waals surface area contributed by atoms with Gasteiger partial charge in [0.15, 0.2) is 0 Å². The summed E-state index contributed by atoms with van der Waals surface area (Å²) in [7, 11) is 0. The van der Waals surface area contributed by atoms with Gasteiger partial charge in [-0.25, -0.2) is 9.37 Å². The van der Waals surface area contributed by atoms with Crippen LogP contribution >= 0.6 is 11.3 Å². The smallest absolute Gasteiger partial charge is 0.248 e. The molecule has 0 radical (unpaired) electrons. The van der Waals surface area contributed by atoms with Gasteiger partial charge in [-0.2, -0.15) is 0 Å². The molecule has 3 heterocycles. The molecule has 3 aromatic heterocycles. The third-order valence-corrected chi connectivity index (χ3v) is 6.45. The number of hydrogen-bond donors (Lipinski definition) is 3. The highest BCUT2D eigenvalue weighted by Gasteiger charge is 2.41. The van der Waals surface area contributed by atoms with Crippen molar-refractivity contribution in [3.8, 4) is 10.7 Å². The van der Waals surface area contributed by atoms with Crippen molar-refractivity contribution in [2.24, 2.45) is 0 Å². The van der Waals surface area contributed by atoms with Crippen molar-refractivity contribution < 1.29 is 14.3 Å². The zero-order chi connectivity index (χ0) is 21.8. The van der Waals surface area contributed by atoms with E-state index >= 15 is 0 Å². The second-order valence-corrected chi connectivity index (χ2v) is 8.77. The van der Waals surface area contributed by atoms with Gasteiger partial charge < -0.3 is 15.7 Å². The first-order valence-corrected chi connectivity index (χ1v) is 10.9. The van der Waals surface area contributed by atoms with Crippen molar-refractivity contribution in [3.05, 3.63) is 53.0 Å². The van der Waals surface area contributed by atoms with Crippen LogP contribution in [0.3, 0.4) is 0 Å². The monoisotopic (exact) mass is 442 g/mol. The van der Waals surface area contributed by atoms with Crippen LogP contribution in [0.5, 0.6) is 0 Å². The predicted molar refractivity (Wildman–Crippen MR) is 115 cm³/mol. The van der Waals surface area contributed by atoms with E-state index in [1.807, 2.05) is 12.1 Å². The maximum atomic E-state index is 14.3. The molecule has 8 nitrogen and oxygen atoms in total. The number of halogens is 1. The van der Waals surface area contributed by atoms with Gasteiger partial charge in [0.1, 0.15) is 28.4 Å². The van der Waals surface area contributed by atoms with Crippen LogP contribution in [-0.2, 0) is 16.8 Å². The fourth-order valence-electron chi connectivity index (χ4n) is 3.51. The summed E-state index contributed by atoms with van der Waals surface area (Å²) in [5.41, 5.74) is 0.820. The van der Waals surface area contributed by atoms with Gasteiger partial charge in [0.25, 0.3) is 0 Å². The Labute approximate surface area is 183 Å². The van der Waals surface area contributed by atoms with E-state index in [-0.39, 0.29) is 11.2 Å². The molecule has 1 aliphatic carbocycles. The number of amides is 1. The Morgan fingerprint density at radius 3 is 2.77 bits per heavy atom. The minimum absolute atomic E-state index is 0.269. The van der Waals surface area contributed by atoms with Crippen LogP contribution in [0.1, 0.15) is 36.8 Å². The van der Waals surface area contributed by atoms with Gasteiger partial charge in [0, 0.05) is 29.2 Å². The normalized spacial score (nSPS) is 15.7. The molecule has 3 aromatic rings. The van der Waals surface area contributed by atoms with Gasteiger partial charge >= 0.3 is 0 Å². The van der Waals surface area contributed by atoms with Crippen LogP contribution in [-0.4, -0.2) is 43.8 Å². The largest absolute Gasteiger partial charge is 0.384 e. The van der Waals surface area contributed by atoms with Crippen LogP contribution in [0, 0.1) is 5.82 Å². The molecule has 162 valence electrons. The molecular weight excluding hydrogens is 419 g/mol. The predicted octanol–water partition coefficient (Wildman–Crippen LogP) is 2.67. The maximum absolute atomic E-state index is 14.3. The van der Waals surface area contributed by atoms with E-state index in [4.69, 9.17) is 0 Å². The number of aliphatic hydroxyl groups is 1. The van der Waals surface area contributed by atoms with Gasteiger partial charge in [-0.3, -0.25) is 9.78 Å². The fraction of sp³-hybridized carbons (Fsp3) is 0.381. The molecule has 10 heteroatoms. The lowest BCUT2D eigenvalue weighted by Gasteiger charge is -2.41. The number of aromatic nitrogens is 4. The van der Waals surface area contributed by atoms with Crippen LogP contribution in [0.25, 0.3) is 10.7 Å². The standard InChI is InChI=1S/C21H23FN6O2S/c1-13(29)19(30)24-10-14-11-25-20(31-14)16-5-6-17(28-27-16)26-12-21(7-3-8-21)18-15(22)4-2-9-23-18/h2,4-6,9,11,13,29H,3,7-8,10,12H2,1H3,(H,24,30)(H,26,28)/t13-/m1/s1. The summed E-state index contributed by atoms with van der Waals surface area (Å²) in [6, 6.07) is 6.70. The van der Waals surface area contributed by atoms with Crippen LogP contribution < -0.4 is 10.6 Å². The summed E-state index contributed by atoms with van der Waals surface area (Å²) >= 11 is 1.39. The van der Waals surface area contributed by atoms with Crippen molar-refractivity contribution >= 4 is 23.1 Å². The molecule has 0 aliphatic heterocycles. The zero-order valence-electron chi connectivity index (χ0n) is 17.0. The van der Waals surface area contributed by atoms with Crippen molar-refractivity contribution in [1.29, 1.82) is 0 Å². The molecule has 3 N–H and O–H groups in total. The Hall–Kier alpha value is -2.98. The summed E-state index contributed by atoms with van der Waals surface area (Å²) in [4.78, 5) is 20.9. The van der Waals surface area contributed by atoms with Gasteiger partial charge in [-0.1, -0.05) is 6.42 Å². The number of carbonyl (C=O) groups is 1. The number of rotatable bonds is 8. The highest BCUT2D eigenvalue weighted by atomic mass is 32.1. The van der Waals surface area contributed by atoms with Crippen LogP contribution in [0.4, 0.5) is 10.2 Å². The lowest BCUT2D eigenvalue weighted by molar-refractivity contribution is -0.128. The molecule has 4 rings (SSSR count). The second kappa shape index (κ2) is 9.03. The fourth-order valence-corrected chi connectivity index (χ4v) is 4.32. The average Bonchev–Trinajstić information content (AvgIpc) is 3.22.